The highest BCUT2D eigenvalue weighted by Gasteiger charge is 2.21. The van der Waals surface area contributed by atoms with Gasteiger partial charge in [-0.05, 0) is 24.1 Å². The average Bonchev–Trinajstić information content (AvgIpc) is 3.07. The summed E-state index contributed by atoms with van der Waals surface area (Å²) in [6, 6.07) is 16.7. The number of benzene rings is 2. The fourth-order valence-corrected chi connectivity index (χ4v) is 2.61. The topological polar surface area (TPSA) is 67.9 Å². The monoisotopic (exact) mass is 340 g/mol. The van der Waals surface area contributed by atoms with E-state index in [0.29, 0.717) is 18.8 Å². The van der Waals surface area contributed by atoms with Gasteiger partial charge in [0.2, 0.25) is 5.91 Å². The Hall–Kier alpha value is -2.86. The highest BCUT2D eigenvalue weighted by Crippen LogP contribution is 2.25. The van der Waals surface area contributed by atoms with E-state index >= 15 is 0 Å². The minimum atomic E-state index is -0.376. The van der Waals surface area contributed by atoms with Gasteiger partial charge in [0, 0.05) is 24.7 Å². The molecule has 2 amide bonds. The molecule has 0 saturated carbocycles. The predicted octanol–water partition coefficient (Wildman–Crippen LogP) is 2.44. The van der Waals surface area contributed by atoms with E-state index < -0.39 is 0 Å². The molecular formula is C19H20N2O4. The Bertz CT molecular complexity index is 733. The van der Waals surface area contributed by atoms with Crippen molar-refractivity contribution in [1.29, 1.82) is 0 Å². The Morgan fingerprint density at radius 3 is 2.72 bits per heavy atom. The Balaban J connectivity index is 1.45. The molecule has 1 aliphatic heterocycles. The molecule has 1 N–H and O–H groups in total. The second kappa shape index (κ2) is 8.30. The van der Waals surface area contributed by atoms with E-state index in [1.165, 1.54) is 0 Å². The second-order valence-electron chi connectivity index (χ2n) is 5.73. The summed E-state index contributed by atoms with van der Waals surface area (Å²) < 4.78 is 5.48. The molecule has 3 rings (SSSR count). The van der Waals surface area contributed by atoms with Crippen LogP contribution >= 0.6 is 0 Å². The quantitative estimate of drug-likeness (QED) is 0.786. The molecule has 1 saturated heterocycles. The Labute approximate surface area is 146 Å². The summed E-state index contributed by atoms with van der Waals surface area (Å²) in [5.41, 5.74) is 4.11. The van der Waals surface area contributed by atoms with Gasteiger partial charge in [0.15, 0.2) is 6.61 Å². The van der Waals surface area contributed by atoms with Crippen molar-refractivity contribution in [2.45, 2.75) is 19.4 Å². The maximum absolute atomic E-state index is 11.8. The van der Waals surface area contributed by atoms with Gasteiger partial charge in [0.1, 0.15) is 5.75 Å². The number of carbonyl (C=O) groups excluding carboxylic acids is 2. The summed E-state index contributed by atoms with van der Waals surface area (Å²) in [5.74, 6) is 0.276. The maximum Gasteiger partial charge on any atom is 0.281 e. The molecule has 0 atom stereocenters. The second-order valence-corrected chi connectivity index (χ2v) is 5.73. The van der Waals surface area contributed by atoms with E-state index in [0.717, 1.165) is 24.2 Å². The van der Waals surface area contributed by atoms with Crippen LogP contribution in [0.5, 0.6) is 5.75 Å². The van der Waals surface area contributed by atoms with Crippen LogP contribution in [0.3, 0.4) is 0 Å². The fourth-order valence-electron chi connectivity index (χ4n) is 2.61. The lowest BCUT2D eigenvalue weighted by Gasteiger charge is -2.16. The summed E-state index contributed by atoms with van der Waals surface area (Å²) in [7, 11) is 0. The van der Waals surface area contributed by atoms with Crippen LogP contribution in [0.4, 0.5) is 5.69 Å². The molecule has 130 valence electrons. The molecule has 6 nitrogen and oxygen atoms in total. The number of hydroxylamine groups is 1. The van der Waals surface area contributed by atoms with Gasteiger partial charge in [-0.15, -0.1) is 0 Å². The number of nitrogens with one attached hydrogen (secondary N) is 1. The zero-order valence-corrected chi connectivity index (χ0v) is 13.8. The number of nitrogens with zero attached hydrogens (tertiary/aromatic N) is 1. The highest BCUT2D eigenvalue weighted by atomic mass is 16.7. The molecule has 0 bridgehead atoms. The largest absolute Gasteiger partial charge is 0.484 e. The lowest BCUT2D eigenvalue weighted by molar-refractivity contribution is -0.136. The van der Waals surface area contributed by atoms with Crippen molar-refractivity contribution in [3.05, 3.63) is 60.2 Å². The third kappa shape index (κ3) is 4.81. The average molecular weight is 340 g/mol. The highest BCUT2D eigenvalue weighted by molar-refractivity contribution is 5.95. The van der Waals surface area contributed by atoms with Crippen molar-refractivity contribution < 1.29 is 19.2 Å². The van der Waals surface area contributed by atoms with Crippen molar-refractivity contribution in [2.24, 2.45) is 0 Å². The summed E-state index contributed by atoms with van der Waals surface area (Å²) in [5, 5.41) is 0. The van der Waals surface area contributed by atoms with Gasteiger partial charge >= 0.3 is 0 Å². The van der Waals surface area contributed by atoms with Crippen LogP contribution in [0.15, 0.2) is 54.6 Å². The molecule has 0 aromatic heterocycles. The molecule has 0 radical (unpaired) electrons. The van der Waals surface area contributed by atoms with Gasteiger partial charge in [-0.2, -0.15) is 0 Å². The first-order chi connectivity index (χ1) is 12.2. The predicted molar refractivity (Wildman–Crippen MR) is 92.9 cm³/mol. The van der Waals surface area contributed by atoms with Crippen LogP contribution in [-0.4, -0.2) is 25.0 Å². The van der Waals surface area contributed by atoms with Crippen molar-refractivity contribution in [1.82, 2.24) is 5.48 Å². The number of anilines is 1. The molecule has 0 unspecified atom stereocenters. The van der Waals surface area contributed by atoms with Gasteiger partial charge in [-0.1, -0.05) is 36.4 Å². The van der Waals surface area contributed by atoms with Crippen LogP contribution in [-0.2, 0) is 21.0 Å². The SMILES string of the molecule is O=C(COc1cccc(N2CCCC2=O)c1)NOCc1ccccc1. The van der Waals surface area contributed by atoms with Crippen molar-refractivity contribution in [2.75, 3.05) is 18.1 Å². The zero-order chi connectivity index (χ0) is 17.5. The maximum atomic E-state index is 11.8. The molecule has 1 aliphatic rings. The van der Waals surface area contributed by atoms with Gasteiger partial charge in [0.25, 0.3) is 5.91 Å². The Morgan fingerprint density at radius 2 is 1.96 bits per heavy atom. The summed E-state index contributed by atoms with van der Waals surface area (Å²) in [6.45, 7) is 0.849. The van der Waals surface area contributed by atoms with Crippen molar-refractivity contribution in [3.63, 3.8) is 0 Å². The zero-order valence-electron chi connectivity index (χ0n) is 13.8. The summed E-state index contributed by atoms with van der Waals surface area (Å²) in [6.07, 6.45) is 1.44. The van der Waals surface area contributed by atoms with Crippen LogP contribution in [0.25, 0.3) is 0 Å². The smallest absolute Gasteiger partial charge is 0.281 e. The number of ether oxygens (including phenoxy) is 1. The first kappa shape index (κ1) is 17.0. The molecule has 0 spiro atoms. The van der Waals surface area contributed by atoms with Gasteiger partial charge in [-0.3, -0.25) is 14.4 Å². The number of rotatable bonds is 7. The standard InChI is InChI=1S/C19H20N2O4/c22-18(20-25-13-15-6-2-1-3-7-15)14-24-17-9-4-8-16(12-17)21-11-5-10-19(21)23/h1-4,6-9,12H,5,10-11,13-14H2,(H,20,22). The van der Waals surface area contributed by atoms with Crippen LogP contribution in [0.1, 0.15) is 18.4 Å². The van der Waals surface area contributed by atoms with Crippen LogP contribution in [0, 0.1) is 0 Å². The number of carbonyl (C=O) groups is 2. The minimum absolute atomic E-state index is 0.115. The molecule has 1 fully saturated rings. The van der Waals surface area contributed by atoms with Gasteiger partial charge in [0.05, 0.1) is 6.61 Å². The van der Waals surface area contributed by atoms with E-state index in [1.807, 2.05) is 36.4 Å². The molecule has 25 heavy (non-hydrogen) atoms. The third-order valence-corrected chi connectivity index (χ3v) is 3.84. The van der Waals surface area contributed by atoms with E-state index in [2.05, 4.69) is 5.48 Å². The molecule has 2 aromatic rings. The molecular weight excluding hydrogens is 320 g/mol. The van der Waals surface area contributed by atoms with Crippen molar-refractivity contribution >= 4 is 17.5 Å². The van der Waals surface area contributed by atoms with E-state index in [-0.39, 0.29) is 18.4 Å². The van der Waals surface area contributed by atoms with Gasteiger partial charge < -0.3 is 9.64 Å². The lowest BCUT2D eigenvalue weighted by atomic mass is 10.2. The summed E-state index contributed by atoms with van der Waals surface area (Å²) >= 11 is 0. The first-order valence-electron chi connectivity index (χ1n) is 8.20. The Morgan fingerprint density at radius 1 is 1.12 bits per heavy atom. The van der Waals surface area contributed by atoms with Crippen LogP contribution < -0.4 is 15.1 Å². The van der Waals surface area contributed by atoms with E-state index in [9.17, 15) is 9.59 Å². The number of hydrogen-bond acceptors (Lipinski definition) is 4. The minimum Gasteiger partial charge on any atom is -0.484 e. The van der Waals surface area contributed by atoms with Crippen LogP contribution in [0.2, 0.25) is 0 Å². The fraction of sp³-hybridized carbons (Fsp3) is 0.263. The first-order valence-corrected chi connectivity index (χ1v) is 8.20. The summed E-state index contributed by atoms with van der Waals surface area (Å²) in [4.78, 5) is 30.5. The molecule has 2 aromatic carbocycles. The van der Waals surface area contributed by atoms with E-state index in [1.54, 1.807) is 23.1 Å². The van der Waals surface area contributed by atoms with Crippen molar-refractivity contribution in [3.8, 4) is 5.75 Å². The third-order valence-electron chi connectivity index (χ3n) is 3.84. The molecule has 0 aliphatic carbocycles. The molecule has 1 heterocycles. The van der Waals surface area contributed by atoms with E-state index in [4.69, 9.17) is 9.57 Å². The van der Waals surface area contributed by atoms with Gasteiger partial charge in [-0.25, -0.2) is 5.48 Å². The molecule has 6 heteroatoms. The normalized spacial score (nSPS) is 13.8. The number of hydrogen-bond donors (Lipinski definition) is 1. The number of amides is 2. The Kier molecular flexibility index (Phi) is 5.64. The lowest BCUT2D eigenvalue weighted by Crippen LogP contribution is -2.29.